The van der Waals surface area contributed by atoms with E-state index in [1.54, 1.807) is 6.07 Å². The molecule has 108 valence electrons. The summed E-state index contributed by atoms with van der Waals surface area (Å²) in [5, 5.41) is 10.1. The Hall–Kier alpha value is -0.690. The molecule has 2 atom stereocenters. The van der Waals surface area contributed by atoms with Gasteiger partial charge in [0.1, 0.15) is 5.75 Å². The fourth-order valence-corrected chi connectivity index (χ4v) is 2.85. The number of phenols is 1. The minimum atomic E-state index is 0.212. The van der Waals surface area contributed by atoms with Gasteiger partial charge in [0.15, 0.2) is 0 Å². The number of benzene rings is 1. The van der Waals surface area contributed by atoms with Crippen LogP contribution in [0.5, 0.6) is 5.75 Å². The van der Waals surface area contributed by atoms with E-state index in [1.165, 1.54) is 31.2 Å². The molecule has 0 amide bonds. The molecule has 0 heterocycles. The van der Waals surface area contributed by atoms with Gasteiger partial charge in [0.05, 0.1) is 5.02 Å². The Morgan fingerprint density at radius 2 is 1.84 bits per heavy atom. The Bertz CT molecular complexity index is 400. The number of unbranched alkanes of at least 4 members (excludes halogenated alkanes) is 1. The highest BCUT2D eigenvalue weighted by Crippen LogP contribution is 2.58. The van der Waals surface area contributed by atoms with Crippen LogP contribution in [0.1, 0.15) is 65.4 Å². The highest BCUT2D eigenvalue weighted by molar-refractivity contribution is 6.32. The van der Waals surface area contributed by atoms with Crippen molar-refractivity contribution in [1.29, 1.82) is 0 Å². The zero-order valence-corrected chi connectivity index (χ0v) is 13.4. The van der Waals surface area contributed by atoms with Crippen molar-refractivity contribution in [3.8, 4) is 5.75 Å². The fraction of sp³-hybridized carbons (Fsp3) is 0.647. The summed E-state index contributed by atoms with van der Waals surface area (Å²) in [4.78, 5) is 0. The van der Waals surface area contributed by atoms with Crippen LogP contribution < -0.4 is 0 Å². The van der Waals surface area contributed by atoms with Gasteiger partial charge in [0, 0.05) is 0 Å². The van der Waals surface area contributed by atoms with Gasteiger partial charge in [-0.05, 0) is 41.9 Å². The average molecular weight is 283 g/mol. The van der Waals surface area contributed by atoms with Gasteiger partial charge in [-0.2, -0.15) is 0 Å². The molecule has 2 unspecified atom stereocenters. The van der Waals surface area contributed by atoms with Crippen LogP contribution in [0.3, 0.4) is 0 Å². The van der Waals surface area contributed by atoms with Crippen LogP contribution in [-0.2, 0) is 5.41 Å². The minimum Gasteiger partial charge on any atom is -0.506 e. The molecule has 0 aliphatic heterocycles. The third kappa shape index (κ3) is 3.66. The summed E-state index contributed by atoms with van der Waals surface area (Å²) >= 11 is 5.81. The lowest BCUT2D eigenvalue weighted by Gasteiger charge is -2.16. The van der Waals surface area contributed by atoms with Crippen molar-refractivity contribution in [2.75, 3.05) is 0 Å². The lowest BCUT2D eigenvalue weighted by molar-refractivity contribution is 0.471. The van der Waals surface area contributed by atoms with Crippen LogP contribution in [0.25, 0.3) is 0 Å². The molecule has 0 spiro atoms. The second kappa shape index (κ2) is 7.19. The normalized spacial score (nSPS) is 24.6. The van der Waals surface area contributed by atoms with Gasteiger partial charge in [0.25, 0.3) is 0 Å². The predicted octanol–water partition coefficient (Wildman–Crippen LogP) is 5.93. The highest BCUT2D eigenvalue weighted by Gasteiger charge is 2.52. The number of hydrogen-bond acceptors (Lipinski definition) is 1. The summed E-state index contributed by atoms with van der Waals surface area (Å²) in [7, 11) is 0. The van der Waals surface area contributed by atoms with Gasteiger partial charge >= 0.3 is 0 Å². The van der Waals surface area contributed by atoms with Crippen LogP contribution in [0.2, 0.25) is 5.02 Å². The van der Waals surface area contributed by atoms with Crippen LogP contribution in [-0.4, -0.2) is 5.11 Å². The van der Waals surface area contributed by atoms with Crippen molar-refractivity contribution in [2.45, 2.75) is 65.2 Å². The van der Waals surface area contributed by atoms with Gasteiger partial charge in [0.2, 0.25) is 0 Å². The molecule has 0 bridgehead atoms. The van der Waals surface area contributed by atoms with Gasteiger partial charge < -0.3 is 5.11 Å². The van der Waals surface area contributed by atoms with Gasteiger partial charge in [-0.25, -0.2) is 0 Å². The van der Waals surface area contributed by atoms with Crippen LogP contribution in [0.15, 0.2) is 18.2 Å². The lowest BCUT2D eigenvalue weighted by atomic mass is 9.90. The Labute approximate surface area is 123 Å². The summed E-state index contributed by atoms with van der Waals surface area (Å²) < 4.78 is 0. The summed E-state index contributed by atoms with van der Waals surface area (Å²) in [5.74, 6) is 0.992. The fourth-order valence-electron chi connectivity index (χ4n) is 2.73. The first-order valence-corrected chi connectivity index (χ1v) is 7.92. The summed E-state index contributed by atoms with van der Waals surface area (Å²) in [6, 6.07) is 5.69. The monoisotopic (exact) mass is 282 g/mol. The average Bonchev–Trinajstić information content (AvgIpc) is 3.17. The molecule has 0 radical (unpaired) electrons. The first-order valence-electron chi connectivity index (χ1n) is 7.54. The first-order chi connectivity index (χ1) is 9.05. The van der Waals surface area contributed by atoms with E-state index < -0.39 is 0 Å². The Morgan fingerprint density at radius 3 is 2.21 bits per heavy atom. The lowest BCUT2D eigenvalue weighted by Crippen LogP contribution is -2.08. The van der Waals surface area contributed by atoms with E-state index in [0.29, 0.717) is 10.4 Å². The molecule has 1 aliphatic rings. The molecule has 1 saturated carbocycles. The van der Waals surface area contributed by atoms with E-state index in [4.69, 9.17) is 11.6 Å². The molecule has 1 aliphatic carbocycles. The molecule has 1 aromatic carbocycles. The van der Waals surface area contributed by atoms with Gasteiger partial charge in [-0.1, -0.05) is 64.6 Å². The second-order valence-electron chi connectivity index (χ2n) is 5.49. The van der Waals surface area contributed by atoms with Gasteiger partial charge in [-0.3, -0.25) is 0 Å². The van der Waals surface area contributed by atoms with Crippen molar-refractivity contribution < 1.29 is 5.11 Å². The van der Waals surface area contributed by atoms with Crippen LogP contribution in [0.4, 0.5) is 0 Å². The second-order valence-corrected chi connectivity index (χ2v) is 5.89. The smallest absolute Gasteiger partial charge is 0.134 e. The Morgan fingerprint density at radius 1 is 1.21 bits per heavy atom. The number of halogens is 1. The predicted molar refractivity (Wildman–Crippen MR) is 84.1 cm³/mol. The number of aromatic hydroxyl groups is 1. The Balaban J connectivity index is 0.000000399. The third-order valence-corrected chi connectivity index (χ3v) is 4.70. The molecule has 1 aromatic rings. The van der Waals surface area contributed by atoms with E-state index in [-0.39, 0.29) is 5.75 Å². The first kappa shape index (κ1) is 16.4. The van der Waals surface area contributed by atoms with E-state index >= 15 is 0 Å². The molecule has 19 heavy (non-hydrogen) atoms. The van der Waals surface area contributed by atoms with E-state index in [1.807, 2.05) is 6.07 Å². The van der Waals surface area contributed by atoms with E-state index in [2.05, 4.69) is 33.8 Å². The summed E-state index contributed by atoms with van der Waals surface area (Å²) in [6.45, 7) is 8.82. The maximum absolute atomic E-state index is 9.61. The molecular formula is C17H27ClO. The quantitative estimate of drug-likeness (QED) is 0.726. The number of hydrogen-bond donors (Lipinski definition) is 1. The van der Waals surface area contributed by atoms with E-state index in [0.717, 1.165) is 12.3 Å². The maximum atomic E-state index is 9.61. The van der Waals surface area contributed by atoms with E-state index in [9.17, 15) is 5.11 Å². The molecule has 0 saturated heterocycles. The zero-order chi connectivity index (χ0) is 14.5. The molecule has 2 heteroatoms. The molecule has 1 fully saturated rings. The number of rotatable bonds is 4. The van der Waals surface area contributed by atoms with Crippen molar-refractivity contribution >= 4 is 11.6 Å². The Kier molecular flexibility index (Phi) is 6.19. The summed E-state index contributed by atoms with van der Waals surface area (Å²) in [6.07, 6.45) is 6.25. The molecule has 1 N–H and O–H groups in total. The number of phenolic OH excluding ortho intramolecular Hbond substituents is 1. The van der Waals surface area contributed by atoms with Crippen molar-refractivity contribution in [1.82, 2.24) is 0 Å². The zero-order valence-electron chi connectivity index (χ0n) is 12.7. The van der Waals surface area contributed by atoms with Gasteiger partial charge in [-0.15, -0.1) is 0 Å². The molecule has 1 nitrogen and oxygen atoms in total. The molecule has 0 aromatic heterocycles. The topological polar surface area (TPSA) is 20.2 Å². The van der Waals surface area contributed by atoms with Crippen molar-refractivity contribution in [2.24, 2.45) is 5.92 Å². The van der Waals surface area contributed by atoms with Crippen LogP contribution in [0, 0.1) is 5.92 Å². The third-order valence-electron chi connectivity index (χ3n) is 4.38. The molecular weight excluding hydrogens is 256 g/mol. The van der Waals surface area contributed by atoms with Crippen LogP contribution >= 0.6 is 11.6 Å². The standard InChI is InChI=1S/C13H17ClO.C4H10/c1-3-9-8-13(9,4-2)10-5-6-11(14)12(15)7-10;1-3-4-2/h5-7,9,15H,3-4,8H2,1-2H3;3-4H2,1-2H3. The summed E-state index contributed by atoms with van der Waals surface area (Å²) in [5.41, 5.74) is 1.57. The molecule has 2 rings (SSSR count). The van der Waals surface area contributed by atoms with Crippen molar-refractivity contribution in [3.63, 3.8) is 0 Å². The van der Waals surface area contributed by atoms with Crippen molar-refractivity contribution in [3.05, 3.63) is 28.8 Å². The highest BCUT2D eigenvalue weighted by atomic mass is 35.5. The SMILES string of the molecule is CCC1CC1(CC)c1ccc(Cl)c(O)c1.CCCC. The minimum absolute atomic E-state index is 0.212. The maximum Gasteiger partial charge on any atom is 0.134 e. The largest absolute Gasteiger partial charge is 0.506 e.